The second-order valence-electron chi connectivity index (χ2n) is 10.3. The Hall–Kier alpha value is -3.76. The first kappa shape index (κ1) is 30.8. The number of aryl methyl sites for hydroxylation is 1. The van der Waals surface area contributed by atoms with E-state index in [-0.39, 0.29) is 37.2 Å². The molecule has 216 valence electrons. The summed E-state index contributed by atoms with van der Waals surface area (Å²) in [4.78, 5) is 22.1. The zero-order valence-electron chi connectivity index (χ0n) is 22.7. The van der Waals surface area contributed by atoms with E-state index in [2.05, 4.69) is 14.7 Å². The predicted molar refractivity (Wildman–Crippen MR) is 140 cm³/mol. The summed E-state index contributed by atoms with van der Waals surface area (Å²) in [6, 6.07) is 10.0. The minimum Gasteiger partial charge on any atom is -0.481 e. The number of ether oxygens (including phenoxy) is 1. The largest absolute Gasteiger partial charge is 0.481 e. The molecule has 1 heterocycles. The Kier molecular flexibility index (Phi) is 9.37. The van der Waals surface area contributed by atoms with E-state index in [9.17, 15) is 31.9 Å². The van der Waals surface area contributed by atoms with Crippen LogP contribution in [0.4, 0.5) is 27.9 Å². The lowest BCUT2D eigenvalue weighted by atomic mass is 9.83. The highest BCUT2D eigenvalue weighted by Gasteiger charge is 2.37. The first-order valence-corrected chi connectivity index (χ1v) is 12.7. The summed E-state index contributed by atoms with van der Waals surface area (Å²) in [5.41, 5.74) is -0.254. The fourth-order valence-corrected chi connectivity index (χ4v) is 4.05. The average molecular weight is 566 g/mol. The third-order valence-corrected chi connectivity index (χ3v) is 6.34. The number of benzene rings is 2. The van der Waals surface area contributed by atoms with E-state index in [0.29, 0.717) is 18.4 Å². The van der Waals surface area contributed by atoms with Crippen LogP contribution < -0.4 is 9.64 Å². The molecule has 0 atom stereocenters. The molecule has 40 heavy (non-hydrogen) atoms. The van der Waals surface area contributed by atoms with Crippen molar-refractivity contribution in [1.82, 2.24) is 9.97 Å². The van der Waals surface area contributed by atoms with Crippen molar-refractivity contribution < 1.29 is 36.6 Å². The van der Waals surface area contributed by atoms with Crippen LogP contribution in [0.25, 0.3) is 0 Å². The summed E-state index contributed by atoms with van der Waals surface area (Å²) >= 11 is 0. The van der Waals surface area contributed by atoms with E-state index in [4.69, 9.17) is 0 Å². The third-order valence-electron chi connectivity index (χ3n) is 6.34. The van der Waals surface area contributed by atoms with Gasteiger partial charge in [-0.3, -0.25) is 4.79 Å². The Morgan fingerprint density at radius 1 is 0.925 bits per heavy atom. The van der Waals surface area contributed by atoms with Crippen molar-refractivity contribution >= 4 is 11.9 Å². The minimum atomic E-state index is -4.65. The first-order valence-electron chi connectivity index (χ1n) is 12.7. The van der Waals surface area contributed by atoms with Gasteiger partial charge in [0.1, 0.15) is 5.75 Å². The van der Waals surface area contributed by atoms with Crippen LogP contribution in [-0.2, 0) is 36.8 Å². The summed E-state index contributed by atoms with van der Waals surface area (Å²) in [5, 5.41) is 9.38. The Balaban J connectivity index is 1.85. The van der Waals surface area contributed by atoms with E-state index in [0.717, 1.165) is 23.6 Å². The van der Waals surface area contributed by atoms with Gasteiger partial charge in [-0.15, -0.1) is 0 Å². The van der Waals surface area contributed by atoms with Gasteiger partial charge < -0.3 is 14.7 Å². The quantitative estimate of drug-likeness (QED) is 0.240. The molecular formula is C29H32F5N3O3. The highest BCUT2D eigenvalue weighted by atomic mass is 19.4. The highest BCUT2D eigenvalue weighted by Crippen LogP contribution is 2.36. The summed E-state index contributed by atoms with van der Waals surface area (Å²) in [5.74, 6) is -0.817. The molecule has 0 amide bonds. The van der Waals surface area contributed by atoms with Crippen LogP contribution >= 0.6 is 0 Å². The standard InChI is InChI=1S/C29H32F5N3O3/c1-5-19-16-35-26(36-17-19)37(18-21-7-10-23(11-8-21)40-28(4,30)31)13-12-20-6-9-22(15-27(2,3)25(38)39)24(14-20)29(32,33)34/h6-11,14,16-17H,5,12-13,15,18H2,1-4H3,(H,38,39). The lowest BCUT2D eigenvalue weighted by molar-refractivity contribution is -0.159. The first-order chi connectivity index (χ1) is 18.6. The Morgan fingerprint density at radius 2 is 1.52 bits per heavy atom. The lowest BCUT2D eigenvalue weighted by Gasteiger charge is -2.24. The molecule has 0 aliphatic heterocycles. The van der Waals surface area contributed by atoms with E-state index < -0.39 is 29.2 Å². The molecule has 1 N–H and O–H groups in total. The number of aliphatic carboxylic acids is 1. The second kappa shape index (κ2) is 12.2. The van der Waals surface area contributed by atoms with Crippen molar-refractivity contribution in [3.63, 3.8) is 0 Å². The number of hydrogen-bond acceptors (Lipinski definition) is 5. The molecule has 2 aromatic carbocycles. The summed E-state index contributed by atoms with van der Waals surface area (Å²) in [6.07, 6.45) is -3.95. The van der Waals surface area contributed by atoms with Crippen molar-refractivity contribution in [3.05, 3.63) is 82.7 Å². The lowest BCUT2D eigenvalue weighted by Crippen LogP contribution is -2.28. The normalized spacial score (nSPS) is 12.3. The zero-order valence-corrected chi connectivity index (χ0v) is 22.7. The fourth-order valence-electron chi connectivity index (χ4n) is 4.05. The Morgan fingerprint density at radius 3 is 2.05 bits per heavy atom. The number of anilines is 1. The molecule has 0 spiro atoms. The van der Waals surface area contributed by atoms with Crippen LogP contribution in [0.1, 0.15) is 55.5 Å². The predicted octanol–water partition coefficient (Wildman–Crippen LogP) is 6.95. The molecule has 0 saturated carbocycles. The molecule has 0 radical (unpaired) electrons. The molecule has 0 bridgehead atoms. The van der Waals surface area contributed by atoms with Crippen LogP contribution in [-0.4, -0.2) is 33.7 Å². The molecule has 11 heteroatoms. The molecule has 0 aliphatic carbocycles. The van der Waals surface area contributed by atoms with Gasteiger partial charge in [0.15, 0.2) is 0 Å². The number of carboxylic acids is 1. The van der Waals surface area contributed by atoms with Gasteiger partial charge in [-0.1, -0.05) is 31.2 Å². The molecule has 0 aliphatic rings. The topological polar surface area (TPSA) is 75.6 Å². The number of aromatic nitrogens is 2. The zero-order chi connectivity index (χ0) is 29.7. The maximum atomic E-state index is 13.9. The highest BCUT2D eigenvalue weighted by molar-refractivity contribution is 5.74. The number of alkyl halides is 5. The van der Waals surface area contributed by atoms with Crippen molar-refractivity contribution in [2.24, 2.45) is 5.41 Å². The van der Waals surface area contributed by atoms with Crippen LogP contribution in [0.2, 0.25) is 0 Å². The van der Waals surface area contributed by atoms with E-state index in [1.54, 1.807) is 35.5 Å². The van der Waals surface area contributed by atoms with Crippen LogP contribution in [0.3, 0.4) is 0 Å². The Labute approximate surface area is 229 Å². The van der Waals surface area contributed by atoms with Gasteiger partial charge in [-0.05, 0) is 73.6 Å². The van der Waals surface area contributed by atoms with Gasteiger partial charge in [0.25, 0.3) is 0 Å². The molecule has 0 saturated heterocycles. The summed E-state index contributed by atoms with van der Waals surface area (Å²) in [7, 11) is 0. The number of halogens is 5. The second-order valence-corrected chi connectivity index (χ2v) is 10.3. The summed E-state index contributed by atoms with van der Waals surface area (Å²) < 4.78 is 72.7. The van der Waals surface area contributed by atoms with Crippen molar-refractivity contribution in [2.45, 2.75) is 65.8 Å². The SMILES string of the molecule is CCc1cnc(N(CCc2ccc(CC(C)(C)C(=O)O)c(C(F)(F)F)c2)Cc2ccc(OC(C)(F)F)cc2)nc1. The molecule has 6 nitrogen and oxygen atoms in total. The van der Waals surface area contributed by atoms with Crippen LogP contribution in [0, 0.1) is 5.41 Å². The molecule has 0 unspecified atom stereocenters. The smallest absolute Gasteiger partial charge is 0.416 e. The van der Waals surface area contributed by atoms with Gasteiger partial charge in [0.2, 0.25) is 5.95 Å². The van der Waals surface area contributed by atoms with E-state index in [1.807, 2.05) is 6.92 Å². The van der Waals surface area contributed by atoms with Crippen LogP contribution in [0.5, 0.6) is 5.75 Å². The molecular weight excluding hydrogens is 533 g/mol. The maximum Gasteiger partial charge on any atom is 0.416 e. The summed E-state index contributed by atoms with van der Waals surface area (Å²) in [6.45, 7) is 5.90. The molecule has 3 aromatic rings. The molecule has 0 fully saturated rings. The molecule has 3 rings (SSSR count). The molecule has 1 aromatic heterocycles. The van der Waals surface area contributed by atoms with Crippen molar-refractivity contribution in [3.8, 4) is 5.75 Å². The van der Waals surface area contributed by atoms with Crippen molar-refractivity contribution in [1.29, 1.82) is 0 Å². The van der Waals surface area contributed by atoms with E-state index in [1.165, 1.54) is 32.0 Å². The average Bonchev–Trinajstić information content (AvgIpc) is 2.86. The number of nitrogens with zero attached hydrogens (tertiary/aromatic N) is 3. The van der Waals surface area contributed by atoms with Gasteiger partial charge >= 0.3 is 18.3 Å². The number of carboxylic acid groups (broad SMARTS) is 1. The minimum absolute atomic E-state index is 0.00260. The Bertz CT molecular complexity index is 1290. The van der Waals surface area contributed by atoms with Gasteiger partial charge in [-0.25, -0.2) is 9.97 Å². The van der Waals surface area contributed by atoms with Gasteiger partial charge in [0.05, 0.1) is 11.0 Å². The van der Waals surface area contributed by atoms with Gasteiger partial charge in [-0.2, -0.15) is 22.0 Å². The van der Waals surface area contributed by atoms with Crippen LogP contribution in [0.15, 0.2) is 54.9 Å². The van der Waals surface area contributed by atoms with Gasteiger partial charge in [0, 0.05) is 32.4 Å². The maximum absolute atomic E-state index is 13.9. The van der Waals surface area contributed by atoms with E-state index >= 15 is 0 Å². The number of rotatable bonds is 12. The third kappa shape index (κ3) is 8.62. The number of carbonyl (C=O) groups is 1. The monoisotopic (exact) mass is 565 g/mol. The van der Waals surface area contributed by atoms with Crippen molar-refractivity contribution in [2.75, 3.05) is 11.4 Å². The fraction of sp³-hybridized carbons (Fsp3) is 0.414. The number of hydrogen-bond donors (Lipinski definition) is 1.